The molecule has 0 aromatic carbocycles. The number of ether oxygens (including phenoxy) is 2. The van der Waals surface area contributed by atoms with Crippen LogP contribution in [-0.4, -0.2) is 40.0 Å². The topological polar surface area (TPSA) is 112 Å². The molecule has 1 fully saturated rings. The highest BCUT2D eigenvalue weighted by Gasteiger charge is 2.41. The summed E-state index contributed by atoms with van der Waals surface area (Å²) in [5, 5.41) is 11.4. The number of methoxy groups -OCH3 is 1. The van der Waals surface area contributed by atoms with Gasteiger partial charge in [0.2, 0.25) is 5.89 Å². The van der Waals surface area contributed by atoms with E-state index < -0.39 is 6.16 Å². The van der Waals surface area contributed by atoms with E-state index in [2.05, 4.69) is 30.2 Å². The Bertz CT molecular complexity index is 1000. The third-order valence-electron chi connectivity index (χ3n) is 4.90. The molecular formula is C19H18FN5O4. The summed E-state index contributed by atoms with van der Waals surface area (Å²) in [6.07, 6.45) is 4.63. The fourth-order valence-corrected chi connectivity index (χ4v) is 3.23. The number of hydrogen-bond acceptors (Lipinski definition) is 9. The van der Waals surface area contributed by atoms with Crippen LogP contribution in [0.5, 0.6) is 5.88 Å². The molecule has 3 heterocycles. The average molecular weight is 399 g/mol. The summed E-state index contributed by atoms with van der Waals surface area (Å²) in [6.45, 7) is 0.505. The molecule has 10 heteroatoms. The van der Waals surface area contributed by atoms with Crippen LogP contribution in [0.2, 0.25) is 0 Å². The number of anilines is 1. The molecule has 0 unspecified atom stereocenters. The van der Waals surface area contributed by atoms with Gasteiger partial charge in [0.05, 0.1) is 12.8 Å². The zero-order chi connectivity index (χ0) is 20.3. The Balaban J connectivity index is 1.42. The van der Waals surface area contributed by atoms with E-state index in [9.17, 15) is 9.18 Å². The fourth-order valence-electron chi connectivity index (χ4n) is 3.23. The molecule has 0 amide bonds. The van der Waals surface area contributed by atoms with Crippen LogP contribution in [0, 0.1) is 5.82 Å². The van der Waals surface area contributed by atoms with Crippen molar-refractivity contribution in [2.24, 2.45) is 0 Å². The summed E-state index contributed by atoms with van der Waals surface area (Å²) >= 11 is 0. The van der Waals surface area contributed by atoms with Gasteiger partial charge in [0.25, 0.3) is 5.88 Å². The van der Waals surface area contributed by atoms with Gasteiger partial charge >= 0.3 is 6.16 Å². The van der Waals surface area contributed by atoms with Crippen molar-refractivity contribution in [2.45, 2.75) is 24.7 Å². The highest BCUT2D eigenvalue weighted by molar-refractivity contribution is 5.63. The minimum Gasteiger partial charge on any atom is -0.439 e. The summed E-state index contributed by atoms with van der Waals surface area (Å²) in [5.41, 5.74) is 0.514. The Morgan fingerprint density at radius 2 is 2.17 bits per heavy atom. The van der Waals surface area contributed by atoms with Crippen LogP contribution in [0.15, 0.2) is 41.1 Å². The lowest BCUT2D eigenvalue weighted by Crippen LogP contribution is -2.42. The molecule has 1 aliphatic rings. The third kappa shape index (κ3) is 3.86. The van der Waals surface area contributed by atoms with Gasteiger partial charge in [-0.1, -0.05) is 6.42 Å². The van der Waals surface area contributed by atoms with Crippen molar-refractivity contribution in [1.82, 2.24) is 20.2 Å². The zero-order valence-electron chi connectivity index (χ0n) is 15.6. The predicted molar refractivity (Wildman–Crippen MR) is 98.8 cm³/mol. The monoisotopic (exact) mass is 399 g/mol. The molecule has 0 atom stereocenters. The number of nitrogens with zero attached hydrogens (tertiary/aromatic N) is 4. The van der Waals surface area contributed by atoms with Crippen molar-refractivity contribution >= 4 is 12.0 Å². The van der Waals surface area contributed by atoms with E-state index in [0.29, 0.717) is 23.8 Å². The molecule has 1 aliphatic carbocycles. The van der Waals surface area contributed by atoms with Crippen molar-refractivity contribution in [3.63, 3.8) is 0 Å². The Hall–Kier alpha value is -3.56. The Morgan fingerprint density at radius 3 is 2.83 bits per heavy atom. The minimum absolute atomic E-state index is 0.0415. The highest BCUT2D eigenvalue weighted by Crippen LogP contribution is 2.43. The van der Waals surface area contributed by atoms with Crippen LogP contribution < -0.4 is 10.1 Å². The van der Waals surface area contributed by atoms with E-state index in [4.69, 9.17) is 9.15 Å². The number of oxazole rings is 1. The number of carbonyl (C=O) groups excluding carboxylic acids is 1. The fraction of sp³-hybridized carbons (Fsp3) is 0.316. The predicted octanol–water partition coefficient (Wildman–Crippen LogP) is 3.34. The number of halogens is 1. The number of hydrogen-bond donors (Lipinski definition) is 1. The number of pyridine rings is 1. The molecule has 1 N–H and O–H groups in total. The van der Waals surface area contributed by atoms with Crippen molar-refractivity contribution < 1.29 is 23.1 Å². The van der Waals surface area contributed by atoms with Gasteiger partial charge in [-0.05, 0) is 37.1 Å². The number of aromatic nitrogens is 4. The average Bonchev–Trinajstić information content (AvgIpc) is 3.17. The van der Waals surface area contributed by atoms with Crippen molar-refractivity contribution in [1.29, 1.82) is 0 Å². The zero-order valence-corrected chi connectivity index (χ0v) is 15.6. The second kappa shape index (κ2) is 7.82. The first-order valence-corrected chi connectivity index (χ1v) is 9.00. The molecule has 4 rings (SSSR count). The lowest BCUT2D eigenvalue weighted by atomic mass is 9.66. The SMILES string of the molecule is COC(=O)Oc1coc(-c2ccc(NCC3(c4ncccc4F)CCC3)nn2)n1. The molecule has 0 bridgehead atoms. The normalized spacial score (nSPS) is 14.7. The van der Waals surface area contributed by atoms with E-state index in [1.54, 1.807) is 24.4 Å². The number of carbonyl (C=O) groups is 1. The Kier molecular flexibility index (Phi) is 5.07. The summed E-state index contributed by atoms with van der Waals surface area (Å²) in [6, 6.07) is 6.41. The minimum atomic E-state index is -0.898. The summed E-state index contributed by atoms with van der Waals surface area (Å²) in [5.74, 6) is 0.354. The maximum Gasteiger partial charge on any atom is 0.515 e. The molecule has 0 aliphatic heterocycles. The number of rotatable bonds is 6. The Labute approximate surface area is 165 Å². The van der Waals surface area contributed by atoms with Crippen LogP contribution in [0.4, 0.5) is 15.0 Å². The maximum absolute atomic E-state index is 14.2. The maximum atomic E-state index is 14.2. The molecule has 1 saturated carbocycles. The molecule has 3 aromatic heterocycles. The van der Waals surface area contributed by atoms with Gasteiger partial charge in [-0.15, -0.1) is 10.2 Å². The highest BCUT2D eigenvalue weighted by atomic mass is 19.1. The summed E-state index contributed by atoms with van der Waals surface area (Å²) in [7, 11) is 1.19. The first kappa shape index (κ1) is 18.8. The van der Waals surface area contributed by atoms with Gasteiger partial charge in [0, 0.05) is 18.2 Å². The van der Waals surface area contributed by atoms with Gasteiger partial charge in [-0.3, -0.25) is 4.98 Å². The lowest BCUT2D eigenvalue weighted by Gasteiger charge is -2.41. The van der Waals surface area contributed by atoms with E-state index in [0.717, 1.165) is 19.3 Å². The molecule has 150 valence electrons. The van der Waals surface area contributed by atoms with E-state index in [-0.39, 0.29) is 23.0 Å². The molecule has 0 saturated heterocycles. The van der Waals surface area contributed by atoms with Crippen LogP contribution in [0.25, 0.3) is 11.6 Å². The summed E-state index contributed by atoms with van der Waals surface area (Å²) < 4.78 is 28.6. The second-order valence-electron chi connectivity index (χ2n) is 6.67. The largest absolute Gasteiger partial charge is 0.515 e. The standard InChI is InChI=1S/C19H18FN5O4/c1-27-18(26)29-15-10-28-17(23-15)13-5-6-14(25-24-13)22-11-19(7-3-8-19)16-12(20)4-2-9-21-16/h2,4-6,9-10H,3,7-8,11H2,1H3,(H,22,25). The van der Waals surface area contributed by atoms with Crippen molar-refractivity contribution in [2.75, 3.05) is 19.0 Å². The number of nitrogens with one attached hydrogen (secondary N) is 1. The molecule has 0 spiro atoms. The molecule has 3 aromatic rings. The summed E-state index contributed by atoms with van der Waals surface area (Å²) in [4.78, 5) is 19.3. The van der Waals surface area contributed by atoms with Gasteiger partial charge in [-0.2, -0.15) is 4.98 Å². The van der Waals surface area contributed by atoms with Gasteiger partial charge in [-0.25, -0.2) is 9.18 Å². The van der Waals surface area contributed by atoms with Crippen LogP contribution in [-0.2, 0) is 10.2 Å². The van der Waals surface area contributed by atoms with Gasteiger partial charge in [0.1, 0.15) is 17.3 Å². The molecule has 0 radical (unpaired) electrons. The van der Waals surface area contributed by atoms with Crippen LogP contribution in [0.1, 0.15) is 25.0 Å². The van der Waals surface area contributed by atoms with E-state index in [1.807, 2.05) is 0 Å². The Morgan fingerprint density at radius 1 is 1.31 bits per heavy atom. The van der Waals surface area contributed by atoms with Gasteiger partial charge < -0.3 is 19.2 Å². The first-order chi connectivity index (χ1) is 14.1. The first-order valence-electron chi connectivity index (χ1n) is 9.00. The van der Waals surface area contributed by atoms with Crippen LogP contribution >= 0.6 is 0 Å². The van der Waals surface area contributed by atoms with Crippen LogP contribution in [0.3, 0.4) is 0 Å². The molecule has 29 heavy (non-hydrogen) atoms. The third-order valence-corrected chi connectivity index (χ3v) is 4.90. The van der Waals surface area contributed by atoms with Crippen molar-refractivity contribution in [3.8, 4) is 17.5 Å². The smallest absolute Gasteiger partial charge is 0.439 e. The molecular weight excluding hydrogens is 381 g/mol. The van der Waals surface area contributed by atoms with Crippen molar-refractivity contribution in [3.05, 3.63) is 48.2 Å². The molecule has 9 nitrogen and oxygen atoms in total. The lowest BCUT2D eigenvalue weighted by molar-refractivity contribution is 0.119. The van der Waals surface area contributed by atoms with Gasteiger partial charge in [0.15, 0.2) is 6.26 Å². The van der Waals surface area contributed by atoms with E-state index >= 15 is 0 Å². The second-order valence-corrected chi connectivity index (χ2v) is 6.67. The quantitative estimate of drug-likeness (QED) is 0.624. The van der Waals surface area contributed by atoms with E-state index in [1.165, 1.54) is 19.4 Å².